The van der Waals surface area contributed by atoms with Crippen LogP contribution in [0.4, 0.5) is 11.4 Å². The van der Waals surface area contributed by atoms with E-state index < -0.39 is 0 Å². The number of nitrogens with one attached hydrogen (secondary N) is 3. The second kappa shape index (κ2) is 10.3. The number of anilines is 2. The Balaban J connectivity index is 1.19. The topological polar surface area (TPSA) is 103 Å². The van der Waals surface area contributed by atoms with E-state index in [1.165, 1.54) is 30.3 Å². The fourth-order valence-electron chi connectivity index (χ4n) is 5.60. The molecule has 5 heterocycles. The zero-order valence-corrected chi connectivity index (χ0v) is 22.0. The van der Waals surface area contributed by atoms with Gasteiger partial charge < -0.3 is 15.2 Å². The molecule has 2 aromatic carbocycles. The van der Waals surface area contributed by atoms with Crippen LogP contribution in [0.2, 0.25) is 0 Å². The van der Waals surface area contributed by atoms with Gasteiger partial charge in [0.05, 0.1) is 29.7 Å². The molecule has 40 heavy (non-hydrogen) atoms. The molecule has 0 radical (unpaired) electrons. The van der Waals surface area contributed by atoms with Crippen LogP contribution >= 0.6 is 0 Å². The maximum atomic E-state index is 12.6. The van der Waals surface area contributed by atoms with Gasteiger partial charge in [-0.1, -0.05) is 36.4 Å². The van der Waals surface area contributed by atoms with Gasteiger partial charge in [-0.25, -0.2) is 4.98 Å². The number of amides is 1. The van der Waals surface area contributed by atoms with Crippen molar-refractivity contribution < 1.29 is 4.79 Å². The van der Waals surface area contributed by atoms with Crippen LogP contribution in [-0.4, -0.2) is 44.1 Å². The van der Waals surface area contributed by atoms with Gasteiger partial charge in [-0.2, -0.15) is 5.10 Å². The molecule has 8 nitrogen and oxygen atoms in total. The van der Waals surface area contributed by atoms with Crippen molar-refractivity contribution in [1.29, 1.82) is 0 Å². The molecule has 6 aromatic rings. The number of carbonyl (C=O) groups is 1. The number of carbonyl (C=O) groups excluding carboxylic acids is 1. The number of aromatic nitrogens is 5. The summed E-state index contributed by atoms with van der Waals surface area (Å²) in [6.07, 6.45) is 9.31. The predicted molar refractivity (Wildman–Crippen MR) is 159 cm³/mol. The molecule has 0 unspecified atom stereocenters. The lowest BCUT2D eigenvalue weighted by Gasteiger charge is -2.29. The van der Waals surface area contributed by atoms with Crippen molar-refractivity contribution in [3.8, 4) is 22.5 Å². The number of nitrogens with zero attached hydrogens (tertiary/aromatic N) is 4. The summed E-state index contributed by atoms with van der Waals surface area (Å²) in [6, 6.07) is 22.4. The van der Waals surface area contributed by atoms with Crippen LogP contribution in [0.3, 0.4) is 0 Å². The summed E-state index contributed by atoms with van der Waals surface area (Å²) in [5, 5.41) is 12.8. The largest absolute Gasteiger partial charge is 0.371 e. The zero-order chi connectivity index (χ0) is 26.9. The summed E-state index contributed by atoms with van der Waals surface area (Å²) in [7, 11) is 0. The highest BCUT2D eigenvalue weighted by Gasteiger charge is 2.18. The molecule has 0 spiro atoms. The van der Waals surface area contributed by atoms with Crippen molar-refractivity contribution in [1.82, 2.24) is 25.1 Å². The molecule has 198 valence electrons. The van der Waals surface area contributed by atoms with Crippen LogP contribution in [0.1, 0.15) is 24.8 Å². The Morgan fingerprint density at radius 2 is 1.73 bits per heavy atom. The summed E-state index contributed by atoms with van der Waals surface area (Å²) >= 11 is 0. The Bertz CT molecular complexity index is 1820. The maximum absolute atomic E-state index is 12.6. The van der Waals surface area contributed by atoms with E-state index in [-0.39, 0.29) is 5.91 Å². The first-order valence-corrected chi connectivity index (χ1v) is 13.7. The van der Waals surface area contributed by atoms with E-state index in [1.54, 1.807) is 18.6 Å². The van der Waals surface area contributed by atoms with Crippen molar-refractivity contribution in [2.24, 2.45) is 0 Å². The molecule has 1 saturated heterocycles. The molecular weight excluding hydrogens is 498 g/mol. The number of H-pyrrole nitrogens is 2. The lowest BCUT2D eigenvalue weighted by molar-refractivity contribution is -0.115. The fraction of sp³-hybridized carbons (Fsp3) is 0.188. The molecule has 1 aliphatic rings. The van der Waals surface area contributed by atoms with Crippen molar-refractivity contribution in [2.45, 2.75) is 25.7 Å². The highest BCUT2D eigenvalue weighted by Crippen LogP contribution is 2.35. The number of hydrogen-bond acceptors (Lipinski definition) is 5. The summed E-state index contributed by atoms with van der Waals surface area (Å²) in [5.41, 5.74) is 8.26. The standard InChI is InChI=1S/C32H29N7O/c40-30(14-21-8-3-1-4-9-21)35-24-15-22(18-33-20-24)23-16-26-31(37-38-32(26)34-19-23)28-17-25-27(36-28)10-7-11-29(25)39-12-5-2-6-13-39/h1,3-4,7-11,15-20,36H,2,5-6,12-14H2,(H,35,40)(H,34,37,38). The lowest BCUT2D eigenvalue weighted by atomic mass is 10.1. The summed E-state index contributed by atoms with van der Waals surface area (Å²) in [4.78, 5) is 27.7. The van der Waals surface area contributed by atoms with Gasteiger partial charge in [-0.05, 0) is 55.2 Å². The summed E-state index contributed by atoms with van der Waals surface area (Å²) in [6.45, 7) is 2.19. The normalized spacial score (nSPS) is 13.7. The Morgan fingerprint density at radius 3 is 2.60 bits per heavy atom. The quantitative estimate of drug-likeness (QED) is 0.235. The number of benzene rings is 2. The van der Waals surface area contributed by atoms with E-state index in [4.69, 9.17) is 0 Å². The van der Waals surface area contributed by atoms with Gasteiger partial charge in [0.2, 0.25) is 5.91 Å². The van der Waals surface area contributed by atoms with Gasteiger partial charge in [0.1, 0.15) is 0 Å². The molecular formula is C32H29N7O. The second-order valence-electron chi connectivity index (χ2n) is 10.3. The minimum Gasteiger partial charge on any atom is -0.371 e. The van der Waals surface area contributed by atoms with E-state index >= 15 is 0 Å². The molecule has 1 amide bonds. The first-order valence-electron chi connectivity index (χ1n) is 13.7. The third-order valence-corrected chi connectivity index (χ3v) is 7.58. The van der Waals surface area contributed by atoms with Gasteiger partial charge in [0.25, 0.3) is 0 Å². The molecule has 4 aromatic heterocycles. The van der Waals surface area contributed by atoms with Crippen LogP contribution in [0.15, 0.2) is 85.3 Å². The number of fused-ring (bicyclic) bond motifs is 2. The fourth-order valence-corrected chi connectivity index (χ4v) is 5.60. The van der Waals surface area contributed by atoms with Crippen molar-refractivity contribution in [3.63, 3.8) is 0 Å². The van der Waals surface area contributed by atoms with E-state index in [0.29, 0.717) is 17.8 Å². The van der Waals surface area contributed by atoms with Crippen molar-refractivity contribution >= 4 is 39.2 Å². The van der Waals surface area contributed by atoms with E-state index in [9.17, 15) is 4.79 Å². The molecule has 7 rings (SSSR count). The molecule has 1 aliphatic heterocycles. The molecule has 0 aliphatic carbocycles. The molecule has 0 bridgehead atoms. The van der Waals surface area contributed by atoms with Gasteiger partial charge in [-0.3, -0.25) is 14.9 Å². The lowest BCUT2D eigenvalue weighted by Crippen LogP contribution is -2.29. The van der Waals surface area contributed by atoms with Crippen LogP contribution in [0.25, 0.3) is 44.5 Å². The minimum absolute atomic E-state index is 0.0846. The van der Waals surface area contributed by atoms with Gasteiger partial charge >= 0.3 is 0 Å². The first-order chi connectivity index (χ1) is 19.7. The number of rotatable bonds is 6. The maximum Gasteiger partial charge on any atom is 0.228 e. The van der Waals surface area contributed by atoms with Crippen molar-refractivity contribution in [2.75, 3.05) is 23.3 Å². The average molecular weight is 528 g/mol. The van der Waals surface area contributed by atoms with E-state index in [1.807, 2.05) is 36.4 Å². The molecule has 8 heteroatoms. The van der Waals surface area contributed by atoms with Gasteiger partial charge in [0, 0.05) is 58.6 Å². The monoisotopic (exact) mass is 527 g/mol. The number of aromatic amines is 2. The van der Waals surface area contributed by atoms with E-state index in [0.717, 1.165) is 52.1 Å². The molecule has 0 atom stereocenters. The second-order valence-corrected chi connectivity index (χ2v) is 10.3. The SMILES string of the molecule is O=C(Cc1ccccc1)Nc1cncc(-c2cnc3n[nH]c(-c4cc5c(N6CCCCC6)cccc5[nH]4)c3c2)c1. The Morgan fingerprint density at radius 1 is 0.875 bits per heavy atom. The molecule has 0 saturated carbocycles. The zero-order valence-electron chi connectivity index (χ0n) is 22.0. The van der Waals surface area contributed by atoms with Crippen LogP contribution in [0.5, 0.6) is 0 Å². The Hall–Kier alpha value is -4.98. The smallest absolute Gasteiger partial charge is 0.228 e. The highest BCUT2D eigenvalue weighted by atomic mass is 16.1. The number of piperidine rings is 1. The van der Waals surface area contributed by atoms with Crippen LogP contribution in [-0.2, 0) is 11.2 Å². The van der Waals surface area contributed by atoms with Gasteiger partial charge in [-0.15, -0.1) is 0 Å². The predicted octanol–water partition coefficient (Wildman–Crippen LogP) is 6.34. The van der Waals surface area contributed by atoms with Crippen LogP contribution in [0, 0.1) is 0 Å². The summed E-state index contributed by atoms with van der Waals surface area (Å²) in [5.74, 6) is -0.0846. The average Bonchev–Trinajstić information content (AvgIpc) is 3.62. The number of pyridine rings is 2. The highest BCUT2D eigenvalue weighted by molar-refractivity contribution is 6.00. The molecule has 1 fully saturated rings. The van der Waals surface area contributed by atoms with Gasteiger partial charge in [0.15, 0.2) is 5.65 Å². The van der Waals surface area contributed by atoms with E-state index in [2.05, 4.69) is 65.7 Å². The molecule has 3 N–H and O–H groups in total. The minimum atomic E-state index is -0.0846. The third kappa shape index (κ3) is 4.68. The Labute approximate surface area is 231 Å². The summed E-state index contributed by atoms with van der Waals surface area (Å²) < 4.78 is 0. The van der Waals surface area contributed by atoms with Crippen LogP contribution < -0.4 is 10.2 Å². The number of hydrogen-bond donors (Lipinski definition) is 3. The Kier molecular flexibility index (Phi) is 6.20. The third-order valence-electron chi connectivity index (χ3n) is 7.58. The first kappa shape index (κ1) is 24.1. The van der Waals surface area contributed by atoms with Crippen molar-refractivity contribution in [3.05, 3.63) is 90.9 Å².